The van der Waals surface area contributed by atoms with Crippen molar-refractivity contribution in [2.24, 2.45) is 0 Å². The number of nitrogens with zero attached hydrogens (tertiary/aromatic N) is 1. The number of para-hydroxylation sites is 1. The molecule has 1 N–H and O–H groups in total. The van der Waals surface area contributed by atoms with Crippen molar-refractivity contribution in [3.05, 3.63) is 59.3 Å². The number of nitrogens with one attached hydrogen (secondary N) is 1. The Hall–Kier alpha value is -3.54. The van der Waals surface area contributed by atoms with Crippen LogP contribution >= 0.6 is 0 Å². The maximum Gasteiger partial charge on any atom is 0.262 e. The first-order chi connectivity index (χ1) is 13.5. The molecule has 0 fully saturated rings. The van der Waals surface area contributed by atoms with Crippen LogP contribution in [0.3, 0.4) is 0 Å². The predicted molar refractivity (Wildman–Crippen MR) is 107 cm³/mol. The van der Waals surface area contributed by atoms with E-state index in [4.69, 9.17) is 9.47 Å². The van der Waals surface area contributed by atoms with E-state index in [9.17, 15) is 9.59 Å². The number of imide groups is 1. The summed E-state index contributed by atoms with van der Waals surface area (Å²) in [6.45, 7) is 1.90. The molecule has 1 aliphatic heterocycles. The summed E-state index contributed by atoms with van der Waals surface area (Å²) in [7, 11) is 4.58. The number of aromatic nitrogens is 1. The first kappa shape index (κ1) is 17.9. The SMILES string of the molecule is COc1ccc(OC)c(C2=C(c3c(C)[nH]c4ccccc34)C(=O)N(C)C2=O)c1. The fraction of sp³-hybridized carbons (Fsp3) is 0.182. The number of rotatable bonds is 4. The van der Waals surface area contributed by atoms with Crippen LogP contribution < -0.4 is 9.47 Å². The summed E-state index contributed by atoms with van der Waals surface area (Å²) in [4.78, 5) is 30.6. The number of amides is 2. The van der Waals surface area contributed by atoms with Gasteiger partial charge in [-0.25, -0.2) is 0 Å². The Labute approximate surface area is 162 Å². The minimum Gasteiger partial charge on any atom is -0.497 e. The number of hydrogen-bond donors (Lipinski definition) is 1. The van der Waals surface area contributed by atoms with E-state index >= 15 is 0 Å². The molecule has 142 valence electrons. The third kappa shape index (κ3) is 2.49. The lowest BCUT2D eigenvalue weighted by atomic mass is 9.93. The van der Waals surface area contributed by atoms with Gasteiger partial charge in [-0.15, -0.1) is 0 Å². The molecule has 0 unspecified atom stereocenters. The molecule has 0 radical (unpaired) electrons. The van der Waals surface area contributed by atoms with Crippen LogP contribution in [0.1, 0.15) is 16.8 Å². The molecular formula is C22H20N2O4. The molecule has 6 heteroatoms. The van der Waals surface area contributed by atoms with Gasteiger partial charge in [-0.3, -0.25) is 14.5 Å². The third-order valence-corrected chi connectivity index (χ3v) is 5.11. The second-order valence-corrected chi connectivity index (χ2v) is 6.66. The Balaban J connectivity index is 2.10. The molecule has 0 bridgehead atoms. The van der Waals surface area contributed by atoms with Crippen LogP contribution in [0.15, 0.2) is 42.5 Å². The van der Waals surface area contributed by atoms with Crippen molar-refractivity contribution in [2.45, 2.75) is 6.92 Å². The van der Waals surface area contributed by atoms with Gasteiger partial charge < -0.3 is 14.5 Å². The van der Waals surface area contributed by atoms with E-state index in [1.54, 1.807) is 25.3 Å². The molecule has 2 aromatic carbocycles. The molecule has 0 atom stereocenters. The molecule has 0 saturated heterocycles. The van der Waals surface area contributed by atoms with E-state index in [0.717, 1.165) is 27.1 Å². The highest BCUT2D eigenvalue weighted by molar-refractivity contribution is 6.50. The van der Waals surface area contributed by atoms with Gasteiger partial charge in [0.2, 0.25) is 0 Å². The fourth-order valence-electron chi connectivity index (χ4n) is 3.73. The molecule has 1 aliphatic rings. The highest BCUT2D eigenvalue weighted by atomic mass is 16.5. The molecule has 4 rings (SSSR count). The van der Waals surface area contributed by atoms with Gasteiger partial charge in [0.15, 0.2) is 0 Å². The van der Waals surface area contributed by atoms with Gasteiger partial charge in [-0.1, -0.05) is 18.2 Å². The molecule has 1 aromatic heterocycles. The van der Waals surface area contributed by atoms with E-state index in [1.807, 2.05) is 31.2 Å². The maximum atomic E-state index is 13.1. The second kappa shape index (κ2) is 6.56. The van der Waals surface area contributed by atoms with Crippen LogP contribution in [0.5, 0.6) is 11.5 Å². The van der Waals surface area contributed by atoms with Gasteiger partial charge >= 0.3 is 0 Å². The number of hydrogen-bond acceptors (Lipinski definition) is 4. The lowest BCUT2D eigenvalue weighted by Crippen LogP contribution is -2.26. The molecule has 2 heterocycles. The van der Waals surface area contributed by atoms with Crippen molar-refractivity contribution in [2.75, 3.05) is 21.3 Å². The molecule has 0 aliphatic carbocycles. The van der Waals surface area contributed by atoms with Crippen molar-refractivity contribution in [1.82, 2.24) is 9.88 Å². The molecule has 6 nitrogen and oxygen atoms in total. The van der Waals surface area contributed by atoms with Crippen LogP contribution in [0.25, 0.3) is 22.0 Å². The lowest BCUT2D eigenvalue weighted by Gasteiger charge is -2.12. The Morgan fingerprint density at radius 3 is 2.36 bits per heavy atom. The number of likely N-dealkylation sites (N-methyl/N-ethyl adjacent to an activating group) is 1. The van der Waals surface area contributed by atoms with Crippen molar-refractivity contribution < 1.29 is 19.1 Å². The number of carbonyl (C=O) groups is 2. The number of benzene rings is 2. The monoisotopic (exact) mass is 376 g/mol. The molecular weight excluding hydrogens is 356 g/mol. The van der Waals surface area contributed by atoms with E-state index in [-0.39, 0.29) is 11.8 Å². The van der Waals surface area contributed by atoms with Crippen LogP contribution in [-0.4, -0.2) is 43.0 Å². The average Bonchev–Trinajstić information content (AvgIpc) is 3.15. The number of methoxy groups -OCH3 is 2. The number of fused-ring (bicyclic) bond motifs is 1. The van der Waals surface area contributed by atoms with Gasteiger partial charge in [-0.2, -0.15) is 0 Å². The normalized spacial score (nSPS) is 14.4. The summed E-state index contributed by atoms with van der Waals surface area (Å²) >= 11 is 0. The van der Waals surface area contributed by atoms with Crippen molar-refractivity contribution in [1.29, 1.82) is 0 Å². The van der Waals surface area contributed by atoms with Crippen LogP contribution in [0.4, 0.5) is 0 Å². The first-order valence-electron chi connectivity index (χ1n) is 8.84. The van der Waals surface area contributed by atoms with Gasteiger partial charge in [0.05, 0.1) is 25.4 Å². The maximum absolute atomic E-state index is 13.1. The smallest absolute Gasteiger partial charge is 0.262 e. The van der Waals surface area contributed by atoms with Crippen molar-refractivity contribution in [3.8, 4) is 11.5 Å². The van der Waals surface area contributed by atoms with E-state index in [1.165, 1.54) is 14.2 Å². The number of aromatic amines is 1. The second-order valence-electron chi connectivity index (χ2n) is 6.66. The Bertz CT molecular complexity index is 1160. The Kier molecular flexibility index (Phi) is 4.19. The minimum absolute atomic E-state index is 0.316. The summed E-state index contributed by atoms with van der Waals surface area (Å²) in [5.41, 5.74) is 3.69. The van der Waals surface area contributed by atoms with Gasteiger partial charge in [0.1, 0.15) is 11.5 Å². The number of ether oxygens (including phenoxy) is 2. The number of carbonyl (C=O) groups excluding carboxylic acids is 2. The molecule has 3 aromatic rings. The average molecular weight is 376 g/mol. The highest BCUT2D eigenvalue weighted by Crippen LogP contribution is 2.42. The summed E-state index contributed by atoms with van der Waals surface area (Å²) in [5, 5.41) is 0.894. The largest absolute Gasteiger partial charge is 0.497 e. The van der Waals surface area contributed by atoms with Crippen LogP contribution in [0.2, 0.25) is 0 Å². The van der Waals surface area contributed by atoms with Crippen LogP contribution in [0, 0.1) is 6.92 Å². The van der Waals surface area contributed by atoms with E-state index < -0.39 is 0 Å². The topological polar surface area (TPSA) is 71.6 Å². The van der Waals surface area contributed by atoms with Gasteiger partial charge in [0, 0.05) is 34.8 Å². The zero-order chi connectivity index (χ0) is 20.0. The number of H-pyrrole nitrogens is 1. The van der Waals surface area contributed by atoms with Crippen molar-refractivity contribution >= 4 is 33.9 Å². The summed E-state index contributed by atoms with van der Waals surface area (Å²) in [6.07, 6.45) is 0. The quantitative estimate of drug-likeness (QED) is 0.709. The van der Waals surface area contributed by atoms with Crippen LogP contribution in [-0.2, 0) is 9.59 Å². The number of aryl methyl sites for hydroxylation is 1. The third-order valence-electron chi connectivity index (χ3n) is 5.11. The Morgan fingerprint density at radius 1 is 0.929 bits per heavy atom. The standard InChI is InChI=1S/C22H20N2O4/c1-12-18(14-7-5-6-8-16(14)23-12)20-19(21(25)24(2)22(20)26)15-11-13(27-3)9-10-17(15)28-4/h5-11,23H,1-4H3. The molecule has 0 spiro atoms. The van der Waals surface area contributed by atoms with Gasteiger partial charge in [-0.05, 0) is 31.2 Å². The summed E-state index contributed by atoms with van der Waals surface area (Å²) in [6, 6.07) is 12.9. The minimum atomic E-state index is -0.365. The molecule has 2 amide bonds. The van der Waals surface area contributed by atoms with Crippen molar-refractivity contribution in [3.63, 3.8) is 0 Å². The zero-order valence-electron chi connectivity index (χ0n) is 16.1. The summed E-state index contributed by atoms with van der Waals surface area (Å²) < 4.78 is 10.8. The van der Waals surface area contributed by atoms with E-state index in [0.29, 0.717) is 28.2 Å². The molecule has 0 saturated carbocycles. The zero-order valence-corrected chi connectivity index (χ0v) is 16.1. The Morgan fingerprint density at radius 2 is 1.64 bits per heavy atom. The summed E-state index contributed by atoms with van der Waals surface area (Å²) in [5.74, 6) is 0.379. The lowest BCUT2D eigenvalue weighted by molar-refractivity contribution is -0.134. The van der Waals surface area contributed by atoms with Gasteiger partial charge in [0.25, 0.3) is 11.8 Å². The fourth-order valence-corrected chi connectivity index (χ4v) is 3.73. The first-order valence-corrected chi connectivity index (χ1v) is 8.84. The highest BCUT2D eigenvalue weighted by Gasteiger charge is 2.40. The molecule has 28 heavy (non-hydrogen) atoms. The van der Waals surface area contributed by atoms with E-state index in [2.05, 4.69) is 4.98 Å². The predicted octanol–water partition coefficient (Wildman–Crippen LogP) is 3.40.